The van der Waals surface area contributed by atoms with Crippen LogP contribution in [0, 0.1) is 0 Å². The van der Waals surface area contributed by atoms with Crippen molar-refractivity contribution in [3.63, 3.8) is 0 Å². The van der Waals surface area contributed by atoms with Crippen molar-refractivity contribution in [3.8, 4) is 0 Å². The Hall–Kier alpha value is -0.350. The van der Waals surface area contributed by atoms with Gasteiger partial charge in [-0.25, -0.2) is 12.7 Å². The molecule has 0 atom stereocenters. The summed E-state index contributed by atoms with van der Waals surface area (Å²) in [6.45, 7) is 4.16. The van der Waals surface area contributed by atoms with E-state index in [1.807, 2.05) is 6.92 Å². The Morgan fingerprint density at radius 1 is 1.36 bits per heavy atom. The van der Waals surface area contributed by atoms with Crippen molar-refractivity contribution < 1.29 is 8.42 Å². The van der Waals surface area contributed by atoms with Gasteiger partial charge in [0.05, 0.1) is 4.91 Å². The molecule has 0 aliphatic carbocycles. The fourth-order valence-corrected chi connectivity index (χ4v) is 2.42. The molecule has 0 amide bonds. The monoisotopic (exact) mass is 175 g/mol. The molecule has 0 radical (unpaired) electrons. The zero-order chi connectivity index (χ0) is 8.65. The summed E-state index contributed by atoms with van der Waals surface area (Å²) in [6, 6.07) is 0. The average molecular weight is 175 g/mol. The van der Waals surface area contributed by atoms with Gasteiger partial charge >= 0.3 is 0 Å². The molecule has 3 nitrogen and oxygen atoms in total. The number of sulfonamides is 1. The van der Waals surface area contributed by atoms with Crippen molar-refractivity contribution in [1.29, 1.82) is 0 Å². The maximum absolute atomic E-state index is 11.4. The topological polar surface area (TPSA) is 37.4 Å². The Balaban J connectivity index is 3.20. The van der Waals surface area contributed by atoms with Crippen LogP contribution in [0.25, 0.3) is 0 Å². The van der Waals surface area contributed by atoms with Crippen LogP contribution in [0.1, 0.15) is 20.3 Å². The fraction of sp³-hybridized carbons (Fsp3) is 0.714. The smallest absolute Gasteiger partial charge is 0.207 e. The van der Waals surface area contributed by atoms with Gasteiger partial charge in [-0.3, -0.25) is 0 Å². The van der Waals surface area contributed by atoms with Crippen LogP contribution in [0.2, 0.25) is 0 Å². The molecule has 0 aromatic carbocycles. The van der Waals surface area contributed by atoms with Gasteiger partial charge in [-0.1, -0.05) is 5.57 Å². The van der Waals surface area contributed by atoms with Crippen LogP contribution in [0.3, 0.4) is 0 Å². The zero-order valence-corrected chi connectivity index (χ0v) is 7.90. The van der Waals surface area contributed by atoms with Gasteiger partial charge in [0.25, 0.3) is 0 Å². The van der Waals surface area contributed by atoms with Crippen molar-refractivity contribution in [2.45, 2.75) is 20.3 Å². The molecule has 11 heavy (non-hydrogen) atoms. The third-order valence-electron chi connectivity index (χ3n) is 2.20. The van der Waals surface area contributed by atoms with Crippen molar-refractivity contribution >= 4 is 10.0 Å². The van der Waals surface area contributed by atoms with Gasteiger partial charge in [0.15, 0.2) is 0 Å². The molecule has 0 N–H and O–H groups in total. The Bertz CT molecular complexity index is 290. The molecule has 0 spiro atoms. The molecule has 0 aromatic heterocycles. The summed E-state index contributed by atoms with van der Waals surface area (Å²) >= 11 is 0. The molecule has 0 saturated carbocycles. The van der Waals surface area contributed by atoms with Gasteiger partial charge in [-0.15, -0.1) is 0 Å². The highest BCUT2D eigenvalue weighted by Crippen LogP contribution is 2.23. The summed E-state index contributed by atoms with van der Waals surface area (Å²) in [4.78, 5) is 0.520. The molecule has 1 heterocycles. The van der Waals surface area contributed by atoms with Gasteiger partial charge < -0.3 is 0 Å². The minimum Gasteiger partial charge on any atom is -0.207 e. The molecule has 4 heteroatoms. The molecule has 0 saturated heterocycles. The van der Waals surface area contributed by atoms with E-state index in [0.29, 0.717) is 11.4 Å². The molecule has 0 aromatic rings. The second-order valence-corrected chi connectivity index (χ2v) is 5.10. The van der Waals surface area contributed by atoms with Gasteiger partial charge in [0.2, 0.25) is 10.0 Å². The minimum absolute atomic E-state index is 0.520. The molecule has 0 fully saturated rings. The summed E-state index contributed by atoms with van der Waals surface area (Å²) < 4.78 is 24.2. The van der Waals surface area contributed by atoms with Crippen LogP contribution in [0.4, 0.5) is 0 Å². The van der Waals surface area contributed by atoms with E-state index in [-0.39, 0.29) is 0 Å². The Kier molecular flexibility index (Phi) is 2.07. The molecule has 1 rings (SSSR count). The van der Waals surface area contributed by atoms with Crippen molar-refractivity contribution in [2.24, 2.45) is 0 Å². The highest BCUT2D eigenvalue weighted by Gasteiger charge is 2.25. The number of nitrogens with zero attached hydrogens (tertiary/aromatic N) is 1. The average Bonchev–Trinajstić information content (AvgIpc) is 1.95. The van der Waals surface area contributed by atoms with E-state index in [4.69, 9.17) is 0 Å². The van der Waals surface area contributed by atoms with E-state index in [9.17, 15) is 8.42 Å². The maximum Gasteiger partial charge on any atom is 0.238 e. The van der Waals surface area contributed by atoms with Crippen molar-refractivity contribution in [3.05, 3.63) is 10.5 Å². The van der Waals surface area contributed by atoms with Gasteiger partial charge in [-0.05, 0) is 20.3 Å². The van der Waals surface area contributed by atoms with E-state index >= 15 is 0 Å². The Labute approximate surface area is 67.8 Å². The lowest BCUT2D eigenvalue weighted by molar-refractivity contribution is 0.468. The van der Waals surface area contributed by atoms with Crippen molar-refractivity contribution in [2.75, 3.05) is 13.6 Å². The van der Waals surface area contributed by atoms with Crippen LogP contribution in [0.15, 0.2) is 10.5 Å². The third-order valence-corrected chi connectivity index (χ3v) is 4.33. The highest BCUT2D eigenvalue weighted by molar-refractivity contribution is 7.93. The van der Waals surface area contributed by atoms with Crippen LogP contribution < -0.4 is 0 Å². The van der Waals surface area contributed by atoms with E-state index in [1.54, 1.807) is 14.0 Å². The normalized spacial score (nSPS) is 25.7. The van der Waals surface area contributed by atoms with E-state index < -0.39 is 10.0 Å². The largest absolute Gasteiger partial charge is 0.238 e. The molecule has 1 aliphatic rings. The lowest BCUT2D eigenvalue weighted by atomic mass is 10.2. The quantitative estimate of drug-likeness (QED) is 0.549. The molecular weight excluding hydrogens is 162 g/mol. The highest BCUT2D eigenvalue weighted by atomic mass is 32.2. The number of hydrogen-bond donors (Lipinski definition) is 0. The minimum atomic E-state index is -3.08. The van der Waals surface area contributed by atoms with E-state index in [2.05, 4.69) is 0 Å². The van der Waals surface area contributed by atoms with Gasteiger partial charge in [0, 0.05) is 13.6 Å². The fourth-order valence-electron chi connectivity index (χ4n) is 1.08. The standard InChI is InChI=1S/C7H13NO2S/c1-6-4-5-8(3)11(9,10)7(6)2/h4-5H2,1-3H3. The molecule has 0 bridgehead atoms. The summed E-state index contributed by atoms with van der Waals surface area (Å²) in [5.41, 5.74) is 0.989. The van der Waals surface area contributed by atoms with E-state index in [0.717, 1.165) is 12.0 Å². The molecule has 64 valence electrons. The first-order valence-corrected chi connectivity index (χ1v) is 5.03. The number of allylic oxidation sites excluding steroid dienone is 1. The summed E-state index contributed by atoms with van der Waals surface area (Å²) in [6.07, 6.45) is 0.863. The first-order chi connectivity index (χ1) is 4.96. The van der Waals surface area contributed by atoms with Crippen LogP contribution in [-0.2, 0) is 10.0 Å². The zero-order valence-electron chi connectivity index (χ0n) is 7.09. The van der Waals surface area contributed by atoms with Crippen molar-refractivity contribution in [1.82, 2.24) is 4.31 Å². The van der Waals surface area contributed by atoms with Gasteiger partial charge in [0.1, 0.15) is 0 Å². The summed E-state index contributed by atoms with van der Waals surface area (Å²) in [5.74, 6) is 0. The molecular formula is C7H13NO2S. The molecule has 1 aliphatic heterocycles. The molecule has 0 unspecified atom stereocenters. The van der Waals surface area contributed by atoms with Gasteiger partial charge in [-0.2, -0.15) is 0 Å². The Morgan fingerprint density at radius 3 is 2.36 bits per heavy atom. The van der Waals surface area contributed by atoms with E-state index in [1.165, 1.54) is 4.31 Å². The predicted molar refractivity (Wildman–Crippen MR) is 44.5 cm³/mol. The Morgan fingerprint density at radius 2 is 1.91 bits per heavy atom. The lowest BCUT2D eigenvalue weighted by Gasteiger charge is -2.24. The van der Waals surface area contributed by atoms with Crippen LogP contribution in [0.5, 0.6) is 0 Å². The van der Waals surface area contributed by atoms with Crippen LogP contribution in [-0.4, -0.2) is 26.3 Å². The first kappa shape index (κ1) is 8.74. The number of rotatable bonds is 0. The first-order valence-electron chi connectivity index (χ1n) is 3.59. The lowest BCUT2D eigenvalue weighted by Crippen LogP contribution is -2.32. The SMILES string of the molecule is CC1=C(C)S(=O)(=O)N(C)CC1. The third kappa shape index (κ3) is 1.32. The summed E-state index contributed by atoms with van der Waals surface area (Å²) in [7, 11) is -1.46. The number of hydrogen-bond acceptors (Lipinski definition) is 2. The second kappa shape index (κ2) is 2.60. The summed E-state index contributed by atoms with van der Waals surface area (Å²) in [5, 5.41) is 0. The van der Waals surface area contributed by atoms with Crippen LogP contribution >= 0.6 is 0 Å². The second-order valence-electron chi connectivity index (χ2n) is 2.91. The maximum atomic E-state index is 11.4. The predicted octanol–water partition coefficient (Wildman–Crippen LogP) is 0.946.